The van der Waals surface area contributed by atoms with Gasteiger partial charge < -0.3 is 56.8 Å². The molecule has 47 heavy (non-hydrogen) atoms. The van der Waals surface area contributed by atoms with Crippen LogP contribution >= 0.6 is 0 Å². The van der Waals surface area contributed by atoms with Gasteiger partial charge in [0.25, 0.3) is 0 Å². The van der Waals surface area contributed by atoms with E-state index in [0.717, 1.165) is 19.3 Å². The van der Waals surface area contributed by atoms with Gasteiger partial charge in [-0.2, -0.15) is 0 Å². The second kappa shape index (κ2) is 35.6. The molecule has 274 valence electrons. The minimum atomic E-state index is 0.431. The van der Waals surface area contributed by atoms with E-state index in [1.807, 2.05) is 0 Å². The summed E-state index contributed by atoms with van der Waals surface area (Å²) in [6.45, 7) is 16.4. The van der Waals surface area contributed by atoms with Crippen molar-refractivity contribution >= 4 is 6.29 Å². The Labute approximate surface area is 281 Å². The molecule has 0 aliphatic heterocycles. The lowest BCUT2D eigenvalue weighted by Crippen LogP contribution is -2.15. The summed E-state index contributed by atoms with van der Waals surface area (Å²) in [5.74, 6) is 1.30. The van der Waals surface area contributed by atoms with Crippen molar-refractivity contribution in [1.29, 1.82) is 0 Å². The number of hydrogen-bond acceptors (Lipinski definition) is 13. The molecule has 1 unspecified atom stereocenters. The Bertz CT molecular complexity index is 769. The second-order valence-electron chi connectivity index (χ2n) is 10.2. The number of benzene rings is 1. The molecule has 0 bridgehead atoms. The van der Waals surface area contributed by atoms with Crippen molar-refractivity contribution in [3.05, 3.63) is 29.8 Å². The van der Waals surface area contributed by atoms with Gasteiger partial charge in [0.15, 0.2) is 0 Å². The lowest BCUT2D eigenvalue weighted by atomic mass is 10.1. The van der Waals surface area contributed by atoms with Crippen LogP contribution in [0.5, 0.6) is 5.75 Å². The summed E-state index contributed by atoms with van der Waals surface area (Å²) in [7, 11) is 0. The Morgan fingerprint density at radius 1 is 0.447 bits per heavy atom. The molecule has 1 aromatic carbocycles. The highest BCUT2D eigenvalue weighted by Gasteiger charge is 1.99. The molecule has 0 N–H and O–H groups in total. The van der Waals surface area contributed by atoms with Gasteiger partial charge in [-0.15, -0.1) is 0 Å². The third kappa shape index (κ3) is 31.3. The molecule has 0 aliphatic rings. The second-order valence-corrected chi connectivity index (χ2v) is 10.2. The van der Waals surface area contributed by atoms with Gasteiger partial charge in [-0.3, -0.25) is 4.79 Å². The maximum atomic E-state index is 10.6. The van der Waals surface area contributed by atoms with E-state index in [2.05, 4.69) is 13.8 Å². The maximum absolute atomic E-state index is 10.6. The summed E-state index contributed by atoms with van der Waals surface area (Å²) in [6.07, 6.45) is 1.93. The molecular formula is C34H60O13. The van der Waals surface area contributed by atoms with E-state index in [0.29, 0.717) is 163 Å². The number of ether oxygens (including phenoxy) is 12. The monoisotopic (exact) mass is 676 g/mol. The third-order valence-corrected chi connectivity index (χ3v) is 6.33. The first kappa shape index (κ1) is 43.3. The molecule has 0 amide bonds. The molecule has 0 spiro atoms. The van der Waals surface area contributed by atoms with Crippen LogP contribution in [0.1, 0.15) is 30.6 Å². The summed E-state index contributed by atoms with van der Waals surface area (Å²) < 4.78 is 65.8. The lowest BCUT2D eigenvalue weighted by Gasteiger charge is -2.10. The van der Waals surface area contributed by atoms with Gasteiger partial charge in [0, 0.05) is 12.2 Å². The van der Waals surface area contributed by atoms with Gasteiger partial charge in [0.05, 0.1) is 139 Å². The summed E-state index contributed by atoms with van der Waals surface area (Å²) >= 11 is 0. The van der Waals surface area contributed by atoms with Crippen molar-refractivity contribution < 1.29 is 61.6 Å². The first-order valence-corrected chi connectivity index (χ1v) is 16.8. The van der Waals surface area contributed by atoms with Crippen LogP contribution < -0.4 is 4.74 Å². The Kier molecular flexibility index (Phi) is 32.7. The first-order valence-electron chi connectivity index (χ1n) is 16.8. The van der Waals surface area contributed by atoms with Crippen LogP contribution in [0, 0.1) is 5.92 Å². The Balaban J connectivity index is 1.64. The number of rotatable bonds is 38. The van der Waals surface area contributed by atoms with Crippen molar-refractivity contribution in [3.8, 4) is 5.75 Å². The maximum Gasteiger partial charge on any atom is 0.150 e. The van der Waals surface area contributed by atoms with E-state index in [4.69, 9.17) is 56.8 Å². The molecular weight excluding hydrogens is 616 g/mol. The summed E-state index contributed by atoms with van der Waals surface area (Å²) in [5.41, 5.74) is 0.619. The normalized spacial score (nSPS) is 12.0. The summed E-state index contributed by atoms with van der Waals surface area (Å²) in [5, 5.41) is 0. The van der Waals surface area contributed by atoms with E-state index >= 15 is 0 Å². The standard InChI is InChI=1S/C34H60O13/c1-3-32(2)31-46-27-26-44-23-22-42-19-18-40-15-14-38-11-10-36-8-9-37-12-13-39-16-17-41-20-21-43-24-25-45-28-29-47-34-6-4-33(30-35)5-7-34/h4-7,30,32H,3,8-29,31H2,1-2H3. The van der Waals surface area contributed by atoms with Gasteiger partial charge in [-0.05, 0) is 30.2 Å². The summed E-state index contributed by atoms with van der Waals surface area (Å²) in [6, 6.07) is 6.94. The summed E-state index contributed by atoms with van der Waals surface area (Å²) in [4.78, 5) is 10.6. The average Bonchev–Trinajstić information content (AvgIpc) is 3.10. The van der Waals surface area contributed by atoms with Crippen LogP contribution in [0.4, 0.5) is 0 Å². The predicted molar refractivity (Wildman–Crippen MR) is 176 cm³/mol. The van der Waals surface area contributed by atoms with E-state index in [1.54, 1.807) is 24.3 Å². The number of carbonyl (C=O) groups excluding carboxylic acids is 1. The fourth-order valence-electron chi connectivity index (χ4n) is 3.46. The SMILES string of the molecule is CCC(C)COCCOCCOCCOCCOCCOCCOCCOCCOCCOCCOCCOc1ccc(C=O)cc1. The van der Waals surface area contributed by atoms with E-state index in [1.165, 1.54) is 0 Å². The van der Waals surface area contributed by atoms with Crippen LogP contribution in [0.15, 0.2) is 24.3 Å². The fourth-order valence-corrected chi connectivity index (χ4v) is 3.46. The number of carbonyl (C=O) groups is 1. The van der Waals surface area contributed by atoms with E-state index in [9.17, 15) is 4.79 Å². The van der Waals surface area contributed by atoms with Crippen LogP contribution in [-0.4, -0.2) is 158 Å². The van der Waals surface area contributed by atoms with Crippen molar-refractivity contribution in [2.75, 3.05) is 152 Å². The predicted octanol–water partition coefficient (Wildman–Crippen LogP) is 3.11. The van der Waals surface area contributed by atoms with Gasteiger partial charge in [0.1, 0.15) is 18.6 Å². The molecule has 13 heteroatoms. The van der Waals surface area contributed by atoms with E-state index < -0.39 is 0 Å². The van der Waals surface area contributed by atoms with Crippen LogP contribution in [-0.2, 0) is 52.1 Å². The first-order chi connectivity index (χ1) is 23.3. The minimum absolute atomic E-state index is 0.431. The number of hydrogen-bond donors (Lipinski definition) is 0. The molecule has 1 atom stereocenters. The zero-order valence-electron chi connectivity index (χ0n) is 28.7. The molecule has 0 aliphatic carbocycles. The molecule has 13 nitrogen and oxygen atoms in total. The van der Waals surface area contributed by atoms with Gasteiger partial charge >= 0.3 is 0 Å². The topological polar surface area (TPSA) is 128 Å². The molecule has 1 aromatic rings. The molecule has 0 radical (unpaired) electrons. The highest BCUT2D eigenvalue weighted by atomic mass is 16.6. The largest absolute Gasteiger partial charge is 0.491 e. The molecule has 1 rings (SSSR count). The molecule has 0 saturated carbocycles. The third-order valence-electron chi connectivity index (χ3n) is 6.33. The molecule has 0 heterocycles. The average molecular weight is 677 g/mol. The van der Waals surface area contributed by atoms with Crippen molar-refractivity contribution in [2.24, 2.45) is 5.92 Å². The van der Waals surface area contributed by atoms with Crippen molar-refractivity contribution in [2.45, 2.75) is 20.3 Å². The van der Waals surface area contributed by atoms with Crippen LogP contribution in [0.25, 0.3) is 0 Å². The Morgan fingerprint density at radius 2 is 0.723 bits per heavy atom. The zero-order chi connectivity index (χ0) is 33.7. The minimum Gasteiger partial charge on any atom is -0.491 e. The highest BCUT2D eigenvalue weighted by molar-refractivity contribution is 5.74. The van der Waals surface area contributed by atoms with Crippen LogP contribution in [0.2, 0.25) is 0 Å². The van der Waals surface area contributed by atoms with Crippen molar-refractivity contribution in [1.82, 2.24) is 0 Å². The molecule has 0 saturated heterocycles. The van der Waals surface area contributed by atoms with Crippen LogP contribution in [0.3, 0.4) is 0 Å². The Morgan fingerprint density at radius 3 is 1.00 bits per heavy atom. The highest BCUT2D eigenvalue weighted by Crippen LogP contribution is 2.10. The van der Waals surface area contributed by atoms with E-state index in [-0.39, 0.29) is 0 Å². The lowest BCUT2D eigenvalue weighted by molar-refractivity contribution is -0.0280. The number of aldehydes is 1. The molecule has 0 aromatic heterocycles. The quantitative estimate of drug-likeness (QED) is 0.0753. The Hall–Kier alpha value is -1.75. The fraction of sp³-hybridized carbons (Fsp3) is 0.794. The molecule has 0 fully saturated rings. The van der Waals surface area contributed by atoms with Gasteiger partial charge in [0.2, 0.25) is 0 Å². The smallest absolute Gasteiger partial charge is 0.150 e. The van der Waals surface area contributed by atoms with Crippen molar-refractivity contribution in [3.63, 3.8) is 0 Å². The van der Waals surface area contributed by atoms with Gasteiger partial charge in [-0.1, -0.05) is 20.3 Å². The van der Waals surface area contributed by atoms with Gasteiger partial charge in [-0.25, -0.2) is 0 Å². The zero-order valence-corrected chi connectivity index (χ0v) is 28.7.